The first-order chi connectivity index (χ1) is 18.8. The van der Waals surface area contributed by atoms with Crippen molar-refractivity contribution in [2.24, 2.45) is 11.6 Å². The molecule has 0 spiro atoms. The van der Waals surface area contributed by atoms with E-state index in [1.807, 2.05) is 17.9 Å². The Morgan fingerprint density at radius 3 is 2.64 bits per heavy atom. The number of nitrogens with one attached hydrogen (secondary N) is 1. The van der Waals surface area contributed by atoms with Crippen molar-refractivity contribution in [3.63, 3.8) is 0 Å². The van der Waals surface area contributed by atoms with Gasteiger partial charge in [0.15, 0.2) is 17.5 Å². The predicted octanol–water partition coefficient (Wildman–Crippen LogP) is 1.81. The molecule has 39 heavy (non-hydrogen) atoms. The van der Waals surface area contributed by atoms with Crippen LogP contribution in [0.25, 0.3) is 22.3 Å². The van der Waals surface area contributed by atoms with Gasteiger partial charge in [-0.1, -0.05) is 12.1 Å². The first-order valence-corrected chi connectivity index (χ1v) is 12.1. The number of benzene rings is 1. The third-order valence-corrected chi connectivity index (χ3v) is 6.45. The molecule has 0 radical (unpaired) electrons. The van der Waals surface area contributed by atoms with Crippen LogP contribution in [0.4, 0.5) is 16.0 Å². The highest BCUT2D eigenvalue weighted by atomic mass is 19.1. The first-order valence-electron chi connectivity index (χ1n) is 12.1. The number of amides is 1. The third kappa shape index (κ3) is 4.82. The molecule has 0 aliphatic carbocycles. The van der Waals surface area contributed by atoms with Crippen LogP contribution in [0, 0.1) is 12.7 Å². The Hall–Kier alpha value is -5.04. The van der Waals surface area contributed by atoms with Crippen LogP contribution in [0.3, 0.4) is 0 Å². The summed E-state index contributed by atoms with van der Waals surface area (Å²) >= 11 is 0. The van der Waals surface area contributed by atoms with Crippen LogP contribution >= 0.6 is 0 Å². The van der Waals surface area contributed by atoms with E-state index in [0.29, 0.717) is 30.3 Å². The molecule has 4 aromatic rings. The van der Waals surface area contributed by atoms with E-state index < -0.39 is 17.5 Å². The van der Waals surface area contributed by atoms with Crippen molar-refractivity contribution in [2.45, 2.75) is 6.92 Å². The SMILES string of the molecule is Cc1cc(N2CCN(C(=O)C(=O)c3c[nH]c4c(N(N)/C=C\N)ncc(F)c34)CC2)nc(-c2ccccc2O)n1. The van der Waals surface area contributed by atoms with Gasteiger partial charge in [0.25, 0.3) is 11.7 Å². The molecule has 1 fully saturated rings. The monoisotopic (exact) mass is 531 g/mol. The molecule has 0 bridgehead atoms. The summed E-state index contributed by atoms with van der Waals surface area (Å²) in [4.78, 5) is 45.6. The Morgan fingerprint density at radius 2 is 1.92 bits per heavy atom. The fourth-order valence-corrected chi connectivity index (χ4v) is 4.53. The molecule has 1 aromatic carbocycles. The lowest BCUT2D eigenvalue weighted by Crippen LogP contribution is -2.51. The van der Waals surface area contributed by atoms with Gasteiger partial charge in [0.2, 0.25) is 0 Å². The Balaban J connectivity index is 1.33. The minimum absolute atomic E-state index is 0.0778. The number of aryl methyl sites for hydroxylation is 1. The number of aromatic hydroxyl groups is 1. The van der Waals surface area contributed by atoms with E-state index in [9.17, 15) is 19.1 Å². The number of piperazine rings is 1. The Bertz CT molecular complexity index is 1600. The van der Waals surface area contributed by atoms with Crippen LogP contribution in [0.5, 0.6) is 5.75 Å². The van der Waals surface area contributed by atoms with Crippen molar-refractivity contribution in [1.82, 2.24) is 24.8 Å². The number of fused-ring (bicyclic) bond motifs is 1. The molecule has 200 valence electrons. The van der Waals surface area contributed by atoms with Gasteiger partial charge < -0.3 is 25.6 Å². The van der Waals surface area contributed by atoms with E-state index in [1.54, 1.807) is 24.3 Å². The number of phenolic OH excluding ortho intramolecular Hbond substituents is 1. The van der Waals surface area contributed by atoms with E-state index in [1.165, 1.54) is 23.5 Å². The lowest BCUT2D eigenvalue weighted by atomic mass is 10.1. The largest absolute Gasteiger partial charge is 0.507 e. The number of carbonyl (C=O) groups excluding carboxylic acids is 2. The second-order valence-corrected chi connectivity index (χ2v) is 8.95. The Labute approximate surface area is 222 Å². The molecule has 13 heteroatoms. The highest BCUT2D eigenvalue weighted by Crippen LogP contribution is 2.30. The number of para-hydroxylation sites is 1. The topological polar surface area (TPSA) is 171 Å². The van der Waals surface area contributed by atoms with E-state index in [-0.39, 0.29) is 41.1 Å². The molecule has 0 unspecified atom stereocenters. The molecule has 1 amide bonds. The summed E-state index contributed by atoms with van der Waals surface area (Å²) in [6.45, 7) is 3.19. The van der Waals surface area contributed by atoms with Gasteiger partial charge in [-0.15, -0.1) is 0 Å². The van der Waals surface area contributed by atoms with Crippen LogP contribution < -0.4 is 21.5 Å². The molecule has 5 rings (SSSR count). The van der Waals surface area contributed by atoms with Crippen molar-refractivity contribution in [2.75, 3.05) is 36.1 Å². The number of H-pyrrole nitrogens is 1. The average molecular weight is 532 g/mol. The molecule has 6 N–H and O–H groups in total. The van der Waals surface area contributed by atoms with Crippen molar-refractivity contribution in [3.05, 3.63) is 72.2 Å². The fraction of sp³-hybridized carbons (Fsp3) is 0.192. The molecule has 1 aliphatic rings. The molecule has 0 atom stereocenters. The van der Waals surface area contributed by atoms with Crippen LogP contribution in [-0.2, 0) is 4.79 Å². The Kier molecular flexibility index (Phi) is 6.81. The van der Waals surface area contributed by atoms with Gasteiger partial charge in [-0.2, -0.15) is 0 Å². The zero-order chi connectivity index (χ0) is 27.7. The first kappa shape index (κ1) is 25.6. The smallest absolute Gasteiger partial charge is 0.295 e. The van der Waals surface area contributed by atoms with Gasteiger partial charge in [0.1, 0.15) is 11.6 Å². The normalized spacial score (nSPS) is 13.8. The molecule has 0 saturated carbocycles. The second-order valence-electron chi connectivity index (χ2n) is 8.95. The van der Waals surface area contributed by atoms with Gasteiger partial charge in [0, 0.05) is 56.5 Å². The average Bonchev–Trinajstić information content (AvgIpc) is 3.39. The minimum Gasteiger partial charge on any atom is -0.507 e. The van der Waals surface area contributed by atoms with Crippen LogP contribution in [-0.4, -0.2) is 67.8 Å². The zero-order valence-corrected chi connectivity index (χ0v) is 21.0. The minimum atomic E-state index is -0.844. The van der Waals surface area contributed by atoms with E-state index in [0.717, 1.165) is 16.9 Å². The summed E-state index contributed by atoms with van der Waals surface area (Å²) < 4.78 is 14.7. The molecular formula is C26H26FN9O3. The number of ketones is 1. The maximum absolute atomic E-state index is 14.7. The van der Waals surface area contributed by atoms with Crippen LogP contribution in [0.1, 0.15) is 16.1 Å². The second kappa shape index (κ2) is 10.4. The summed E-state index contributed by atoms with van der Waals surface area (Å²) in [7, 11) is 0. The summed E-state index contributed by atoms with van der Waals surface area (Å²) in [5.74, 6) is 4.79. The van der Waals surface area contributed by atoms with E-state index in [4.69, 9.17) is 11.6 Å². The number of pyridine rings is 1. The number of hydrogen-bond donors (Lipinski definition) is 4. The van der Waals surface area contributed by atoms with E-state index in [2.05, 4.69) is 19.9 Å². The van der Waals surface area contributed by atoms with Crippen molar-refractivity contribution >= 4 is 34.2 Å². The molecular weight excluding hydrogens is 505 g/mol. The summed E-state index contributed by atoms with van der Waals surface area (Å²) in [6, 6.07) is 8.65. The molecule has 1 saturated heterocycles. The summed E-state index contributed by atoms with van der Waals surface area (Å²) in [5.41, 5.74) is 6.66. The number of halogens is 1. The third-order valence-electron chi connectivity index (χ3n) is 6.45. The highest BCUT2D eigenvalue weighted by molar-refractivity contribution is 6.45. The standard InChI is InChI=1S/C26H26FN9O3/c1-15-12-20(33-24(32-15)16-4-2-3-5-19(16)37)34-8-10-35(11-9-34)26(39)23(38)17-13-30-22-21(17)18(27)14-31-25(22)36(29)7-6-28/h2-7,12-14,30,37H,8-11,28-29H2,1H3/b7-6-. The zero-order valence-electron chi connectivity index (χ0n) is 21.0. The van der Waals surface area contributed by atoms with E-state index >= 15 is 0 Å². The maximum atomic E-state index is 14.7. The number of Topliss-reactive ketones (excluding diaryl/α,β-unsaturated/α-hetero) is 1. The number of rotatable bonds is 6. The fourth-order valence-electron chi connectivity index (χ4n) is 4.53. The predicted molar refractivity (Wildman–Crippen MR) is 143 cm³/mol. The summed E-state index contributed by atoms with van der Waals surface area (Å²) in [5, 5.41) is 11.2. The number of nitrogens with two attached hydrogens (primary N) is 2. The van der Waals surface area contributed by atoms with Crippen LogP contribution in [0.2, 0.25) is 0 Å². The number of hydrogen-bond acceptors (Lipinski definition) is 10. The lowest BCUT2D eigenvalue weighted by Gasteiger charge is -2.35. The van der Waals surface area contributed by atoms with Gasteiger partial charge in [-0.25, -0.2) is 25.2 Å². The molecule has 12 nitrogen and oxygen atoms in total. The summed E-state index contributed by atoms with van der Waals surface area (Å²) in [6.07, 6.45) is 4.71. The Morgan fingerprint density at radius 1 is 1.18 bits per heavy atom. The number of aromatic nitrogens is 4. The number of hydrazine groups is 1. The van der Waals surface area contributed by atoms with Gasteiger partial charge in [-0.05, 0) is 19.1 Å². The van der Waals surface area contributed by atoms with Crippen molar-refractivity contribution in [1.29, 1.82) is 0 Å². The number of carbonyl (C=O) groups is 2. The number of anilines is 2. The van der Waals surface area contributed by atoms with Gasteiger partial charge in [0.05, 0.1) is 28.2 Å². The van der Waals surface area contributed by atoms with Crippen molar-refractivity contribution < 1.29 is 19.1 Å². The number of phenols is 1. The molecule has 3 aromatic heterocycles. The quantitative estimate of drug-likeness (QED) is 0.124. The molecule has 1 aliphatic heterocycles. The number of aromatic amines is 1. The van der Waals surface area contributed by atoms with Gasteiger partial charge in [-0.3, -0.25) is 14.6 Å². The lowest BCUT2D eigenvalue weighted by molar-refractivity contribution is -0.126. The van der Waals surface area contributed by atoms with Crippen molar-refractivity contribution in [3.8, 4) is 17.1 Å². The maximum Gasteiger partial charge on any atom is 0.295 e. The number of nitrogens with zero attached hydrogens (tertiary/aromatic N) is 6. The van der Waals surface area contributed by atoms with Gasteiger partial charge >= 0.3 is 0 Å². The highest BCUT2D eigenvalue weighted by Gasteiger charge is 2.30. The van der Waals surface area contributed by atoms with Crippen LogP contribution in [0.15, 0.2) is 55.1 Å². The molecule has 4 heterocycles.